The van der Waals surface area contributed by atoms with Crippen LogP contribution in [0.15, 0.2) is 18.2 Å². The Morgan fingerprint density at radius 1 is 1.37 bits per heavy atom. The molecule has 3 N–H and O–H groups in total. The normalized spacial score (nSPS) is 12.1. The number of benzene rings is 1. The highest BCUT2D eigenvalue weighted by Crippen LogP contribution is 2.22. The monoisotopic (exact) mass is 284 g/mol. The molecule has 0 bridgehead atoms. The molecule has 19 heavy (non-hydrogen) atoms. The Hall–Kier alpha value is -1.59. The van der Waals surface area contributed by atoms with Crippen molar-refractivity contribution in [2.45, 2.75) is 19.9 Å². The molecule has 0 radical (unpaired) electrons. The van der Waals surface area contributed by atoms with Crippen LogP contribution in [-0.4, -0.2) is 25.0 Å². The maximum atomic E-state index is 11.9. The number of carbonyl (C=O) groups excluding carboxylic acids is 2. The maximum absolute atomic E-state index is 11.9. The van der Waals surface area contributed by atoms with Gasteiger partial charge >= 0.3 is 5.97 Å². The van der Waals surface area contributed by atoms with Gasteiger partial charge < -0.3 is 15.8 Å². The number of carbonyl (C=O) groups is 2. The van der Waals surface area contributed by atoms with Gasteiger partial charge in [-0.1, -0.05) is 25.4 Å². The molecular weight excluding hydrogens is 268 g/mol. The van der Waals surface area contributed by atoms with E-state index in [1.165, 1.54) is 19.2 Å². The maximum Gasteiger partial charge on any atom is 0.339 e. The van der Waals surface area contributed by atoms with Crippen molar-refractivity contribution in [3.05, 3.63) is 28.8 Å². The lowest BCUT2D eigenvalue weighted by Gasteiger charge is -2.16. The molecular formula is C13H17ClN2O3. The zero-order chi connectivity index (χ0) is 14.6. The number of methoxy groups -OCH3 is 1. The molecule has 0 heterocycles. The largest absolute Gasteiger partial charge is 0.465 e. The number of hydrogen-bond acceptors (Lipinski definition) is 4. The third kappa shape index (κ3) is 3.94. The number of rotatable bonds is 4. The van der Waals surface area contributed by atoms with Crippen LogP contribution in [0.4, 0.5) is 5.69 Å². The minimum atomic E-state index is -0.663. The number of hydrogen-bond donors (Lipinski definition) is 2. The van der Waals surface area contributed by atoms with Crippen LogP contribution in [0.2, 0.25) is 5.02 Å². The zero-order valence-corrected chi connectivity index (χ0v) is 11.8. The lowest BCUT2D eigenvalue weighted by atomic mass is 10.0. The number of esters is 1. The van der Waals surface area contributed by atoms with Crippen LogP contribution in [0.5, 0.6) is 0 Å². The molecule has 0 fully saturated rings. The average Bonchev–Trinajstić information content (AvgIpc) is 2.36. The molecule has 0 aliphatic heterocycles. The minimum absolute atomic E-state index is 0.0132. The van der Waals surface area contributed by atoms with Crippen LogP contribution in [0.25, 0.3) is 0 Å². The Bertz CT molecular complexity index is 489. The van der Waals surface area contributed by atoms with E-state index >= 15 is 0 Å². The number of amides is 1. The summed E-state index contributed by atoms with van der Waals surface area (Å²) in [5.41, 5.74) is 6.27. The van der Waals surface area contributed by atoms with E-state index in [2.05, 4.69) is 10.1 Å². The van der Waals surface area contributed by atoms with E-state index < -0.39 is 12.0 Å². The highest BCUT2D eigenvalue weighted by Gasteiger charge is 2.20. The molecule has 0 saturated carbocycles. The van der Waals surface area contributed by atoms with Crippen molar-refractivity contribution in [3.8, 4) is 0 Å². The van der Waals surface area contributed by atoms with Crippen molar-refractivity contribution in [1.29, 1.82) is 0 Å². The Balaban J connectivity index is 3.02. The van der Waals surface area contributed by atoms with Crippen molar-refractivity contribution in [1.82, 2.24) is 0 Å². The number of nitrogens with one attached hydrogen (secondary N) is 1. The fourth-order valence-electron chi connectivity index (χ4n) is 1.43. The van der Waals surface area contributed by atoms with E-state index in [1.807, 2.05) is 13.8 Å². The smallest absolute Gasteiger partial charge is 0.339 e. The van der Waals surface area contributed by atoms with Crippen LogP contribution < -0.4 is 11.1 Å². The standard InChI is InChI=1S/C13H17ClN2O3/c1-7(2)11(15)12(17)16-10-6-8(14)4-5-9(10)13(18)19-3/h4-7,11H,15H2,1-3H3,(H,16,17)/t11-/m1/s1. The summed E-state index contributed by atoms with van der Waals surface area (Å²) in [6.45, 7) is 3.67. The first kappa shape index (κ1) is 15.5. The van der Waals surface area contributed by atoms with E-state index in [0.29, 0.717) is 10.7 Å². The van der Waals surface area contributed by atoms with Crippen molar-refractivity contribution in [2.75, 3.05) is 12.4 Å². The second-order valence-corrected chi connectivity index (χ2v) is 4.88. The predicted molar refractivity (Wildman–Crippen MR) is 74.2 cm³/mol. The molecule has 1 aromatic rings. The third-order valence-corrected chi connectivity index (χ3v) is 2.90. The topological polar surface area (TPSA) is 81.4 Å². The summed E-state index contributed by atoms with van der Waals surface area (Å²) in [5, 5.41) is 3.00. The van der Waals surface area contributed by atoms with Crippen molar-refractivity contribution >= 4 is 29.2 Å². The second kappa shape index (κ2) is 6.54. The molecule has 0 aliphatic carbocycles. The van der Waals surface area contributed by atoms with E-state index in [1.54, 1.807) is 6.07 Å². The first-order valence-electron chi connectivity index (χ1n) is 5.81. The first-order chi connectivity index (χ1) is 8.86. The molecule has 0 spiro atoms. The Kier molecular flexibility index (Phi) is 5.32. The zero-order valence-electron chi connectivity index (χ0n) is 11.1. The van der Waals surface area contributed by atoms with Crippen LogP contribution >= 0.6 is 11.6 Å². The predicted octanol–water partition coefficient (Wildman–Crippen LogP) is 2.05. The van der Waals surface area contributed by atoms with Gasteiger partial charge in [-0.25, -0.2) is 4.79 Å². The molecule has 1 atom stereocenters. The van der Waals surface area contributed by atoms with E-state index in [4.69, 9.17) is 17.3 Å². The van der Waals surface area contributed by atoms with Crippen molar-refractivity contribution < 1.29 is 14.3 Å². The number of halogens is 1. The van der Waals surface area contributed by atoms with Gasteiger partial charge in [-0.15, -0.1) is 0 Å². The van der Waals surface area contributed by atoms with E-state index in [0.717, 1.165) is 0 Å². The highest BCUT2D eigenvalue weighted by atomic mass is 35.5. The number of anilines is 1. The highest BCUT2D eigenvalue weighted by molar-refractivity contribution is 6.31. The SMILES string of the molecule is COC(=O)c1ccc(Cl)cc1NC(=O)[C@H](N)C(C)C. The molecule has 1 aromatic carbocycles. The fourth-order valence-corrected chi connectivity index (χ4v) is 1.60. The molecule has 5 nitrogen and oxygen atoms in total. The fraction of sp³-hybridized carbons (Fsp3) is 0.385. The molecule has 0 aliphatic rings. The van der Waals surface area contributed by atoms with Gasteiger partial charge in [0.05, 0.1) is 24.4 Å². The lowest BCUT2D eigenvalue weighted by Crippen LogP contribution is -2.40. The van der Waals surface area contributed by atoms with Crippen LogP contribution in [0, 0.1) is 5.92 Å². The van der Waals surface area contributed by atoms with Gasteiger partial charge in [-0.2, -0.15) is 0 Å². The van der Waals surface area contributed by atoms with Crippen molar-refractivity contribution in [3.63, 3.8) is 0 Å². The Labute approximate surface area is 117 Å². The van der Waals surface area contributed by atoms with Crippen molar-refractivity contribution in [2.24, 2.45) is 11.7 Å². The molecule has 0 saturated heterocycles. The molecule has 0 unspecified atom stereocenters. The summed E-state index contributed by atoms with van der Waals surface area (Å²) >= 11 is 5.86. The lowest BCUT2D eigenvalue weighted by molar-refractivity contribution is -0.118. The average molecular weight is 285 g/mol. The molecule has 1 amide bonds. The molecule has 0 aromatic heterocycles. The van der Waals surface area contributed by atoms with Gasteiger partial charge in [0.25, 0.3) is 0 Å². The quantitative estimate of drug-likeness (QED) is 0.829. The summed E-state index contributed by atoms with van der Waals surface area (Å²) in [6, 6.07) is 3.86. The van der Waals surface area contributed by atoms with Gasteiger partial charge in [-0.05, 0) is 24.1 Å². The third-order valence-electron chi connectivity index (χ3n) is 2.67. The van der Waals surface area contributed by atoms with Gasteiger partial charge in [-0.3, -0.25) is 4.79 Å². The Morgan fingerprint density at radius 2 is 2.00 bits per heavy atom. The number of ether oxygens (including phenoxy) is 1. The summed E-state index contributed by atoms with van der Waals surface area (Å²) in [6.07, 6.45) is 0. The molecule has 6 heteroatoms. The first-order valence-corrected chi connectivity index (χ1v) is 6.19. The number of nitrogens with two attached hydrogens (primary N) is 1. The van der Waals surface area contributed by atoms with Gasteiger partial charge in [0, 0.05) is 5.02 Å². The molecule has 104 valence electrons. The van der Waals surface area contributed by atoms with E-state index in [-0.39, 0.29) is 17.4 Å². The summed E-state index contributed by atoms with van der Waals surface area (Å²) in [7, 11) is 1.27. The van der Waals surface area contributed by atoms with Gasteiger partial charge in [0.15, 0.2) is 0 Å². The summed E-state index contributed by atoms with van der Waals surface area (Å²) in [5.74, 6) is -0.937. The second-order valence-electron chi connectivity index (χ2n) is 4.44. The van der Waals surface area contributed by atoms with Gasteiger partial charge in [0.1, 0.15) is 0 Å². The van der Waals surface area contributed by atoms with E-state index in [9.17, 15) is 9.59 Å². The minimum Gasteiger partial charge on any atom is -0.465 e. The van der Waals surface area contributed by atoms with Crippen LogP contribution in [0.3, 0.4) is 0 Å². The summed E-state index contributed by atoms with van der Waals surface area (Å²) in [4.78, 5) is 23.5. The van der Waals surface area contributed by atoms with Crippen LogP contribution in [-0.2, 0) is 9.53 Å². The molecule has 1 rings (SSSR count). The Morgan fingerprint density at radius 3 is 2.53 bits per heavy atom. The summed E-state index contributed by atoms with van der Waals surface area (Å²) < 4.78 is 4.64. The van der Waals surface area contributed by atoms with Gasteiger partial charge in [0.2, 0.25) is 5.91 Å². The van der Waals surface area contributed by atoms with Crippen LogP contribution in [0.1, 0.15) is 24.2 Å².